The van der Waals surface area contributed by atoms with Gasteiger partial charge in [0.25, 0.3) is 0 Å². The van der Waals surface area contributed by atoms with E-state index >= 15 is 0 Å². The van der Waals surface area contributed by atoms with E-state index in [2.05, 4.69) is 20.7 Å². The summed E-state index contributed by atoms with van der Waals surface area (Å²) in [6, 6.07) is 2.43. The second kappa shape index (κ2) is 9.47. The number of nitrogens with zero attached hydrogens (tertiary/aromatic N) is 3. The van der Waals surface area contributed by atoms with Crippen LogP contribution in [0.2, 0.25) is 5.02 Å². The first-order valence-corrected chi connectivity index (χ1v) is 8.30. The summed E-state index contributed by atoms with van der Waals surface area (Å²) in [4.78, 5) is 12.4. The van der Waals surface area contributed by atoms with Gasteiger partial charge in [-0.05, 0) is 18.3 Å². The molecule has 25 heavy (non-hydrogen) atoms. The lowest BCUT2D eigenvalue weighted by atomic mass is 10.2. The Hall–Kier alpha value is -2.01. The quantitative estimate of drug-likeness (QED) is 0.288. The standard InChI is InChI=1S/C14H18ClN5O4S/c15-11-7-10(13(21)12(8-11)20(22)23)9-17-18-14(25)16-1-2-19-3-5-24-6-4-19/h7-9,21H,1-6H2,(H2,16,18,25)/b17-9+. The molecule has 0 aromatic heterocycles. The minimum atomic E-state index is -0.718. The molecule has 1 saturated heterocycles. The number of hydrogen-bond acceptors (Lipinski definition) is 7. The van der Waals surface area contributed by atoms with Gasteiger partial charge in [-0.15, -0.1) is 0 Å². The normalized spacial score (nSPS) is 15.2. The van der Waals surface area contributed by atoms with Gasteiger partial charge in [0.15, 0.2) is 5.11 Å². The second-order valence-corrected chi connectivity index (χ2v) is 6.04. The number of hydrazone groups is 1. The Kier molecular flexibility index (Phi) is 7.31. The van der Waals surface area contributed by atoms with Crippen molar-refractivity contribution < 1.29 is 14.8 Å². The third kappa shape index (κ3) is 6.09. The number of aromatic hydroxyl groups is 1. The lowest BCUT2D eigenvalue weighted by Gasteiger charge is -2.26. The first-order chi connectivity index (χ1) is 12.0. The van der Waals surface area contributed by atoms with Crippen molar-refractivity contribution in [3.8, 4) is 5.75 Å². The fraction of sp³-hybridized carbons (Fsp3) is 0.429. The van der Waals surface area contributed by atoms with E-state index in [0.29, 0.717) is 11.7 Å². The number of ether oxygens (including phenoxy) is 1. The number of nitro benzene ring substituents is 1. The number of rotatable bonds is 6. The Balaban J connectivity index is 1.82. The highest BCUT2D eigenvalue weighted by Gasteiger charge is 2.17. The SMILES string of the molecule is O=[N+]([O-])c1cc(Cl)cc(/C=N/NC(=S)NCCN2CCOCC2)c1O. The molecular formula is C14H18ClN5O4S. The number of morpholine rings is 1. The van der Waals surface area contributed by atoms with Crippen molar-refractivity contribution in [1.82, 2.24) is 15.6 Å². The number of nitro groups is 1. The zero-order valence-electron chi connectivity index (χ0n) is 13.3. The van der Waals surface area contributed by atoms with Gasteiger partial charge in [0.1, 0.15) is 0 Å². The van der Waals surface area contributed by atoms with Crippen molar-refractivity contribution in [3.05, 3.63) is 32.8 Å². The van der Waals surface area contributed by atoms with Crippen LogP contribution in [0.25, 0.3) is 0 Å². The molecule has 0 saturated carbocycles. The zero-order valence-corrected chi connectivity index (χ0v) is 14.8. The Labute approximate surface area is 154 Å². The highest BCUT2D eigenvalue weighted by molar-refractivity contribution is 7.80. The molecule has 0 bridgehead atoms. The molecule has 1 aromatic carbocycles. The van der Waals surface area contributed by atoms with Crippen LogP contribution in [0.1, 0.15) is 5.56 Å². The fourth-order valence-corrected chi connectivity index (χ4v) is 2.57. The van der Waals surface area contributed by atoms with Crippen molar-refractivity contribution in [3.63, 3.8) is 0 Å². The van der Waals surface area contributed by atoms with Gasteiger partial charge in [0, 0.05) is 42.8 Å². The van der Waals surface area contributed by atoms with E-state index in [1.54, 1.807) is 0 Å². The van der Waals surface area contributed by atoms with Crippen molar-refractivity contribution in [2.75, 3.05) is 39.4 Å². The van der Waals surface area contributed by atoms with Gasteiger partial charge in [0.2, 0.25) is 5.75 Å². The van der Waals surface area contributed by atoms with E-state index < -0.39 is 16.4 Å². The smallest absolute Gasteiger partial charge is 0.312 e. The van der Waals surface area contributed by atoms with Crippen LogP contribution >= 0.6 is 23.8 Å². The van der Waals surface area contributed by atoms with Crippen LogP contribution in [-0.2, 0) is 4.74 Å². The van der Waals surface area contributed by atoms with Crippen molar-refractivity contribution >= 4 is 40.8 Å². The minimum absolute atomic E-state index is 0.114. The largest absolute Gasteiger partial charge is 0.502 e. The molecule has 3 N–H and O–H groups in total. The average molecular weight is 388 g/mol. The van der Waals surface area contributed by atoms with Crippen LogP contribution < -0.4 is 10.7 Å². The second-order valence-electron chi connectivity index (χ2n) is 5.20. The van der Waals surface area contributed by atoms with Gasteiger partial charge >= 0.3 is 5.69 Å². The highest BCUT2D eigenvalue weighted by atomic mass is 35.5. The molecule has 0 unspecified atom stereocenters. The molecule has 9 nitrogen and oxygen atoms in total. The molecule has 0 atom stereocenters. The maximum atomic E-state index is 10.8. The van der Waals surface area contributed by atoms with Crippen LogP contribution in [0.3, 0.4) is 0 Å². The molecule has 0 amide bonds. The van der Waals surface area contributed by atoms with Crippen LogP contribution in [0.5, 0.6) is 5.75 Å². The summed E-state index contributed by atoms with van der Waals surface area (Å²) >= 11 is 10.9. The monoisotopic (exact) mass is 387 g/mol. The first-order valence-electron chi connectivity index (χ1n) is 7.51. The summed E-state index contributed by atoms with van der Waals surface area (Å²) in [5, 5.41) is 28.0. The number of phenolic OH excluding ortho intramolecular Hbond substituents is 1. The predicted molar refractivity (Wildman–Crippen MR) is 98.4 cm³/mol. The van der Waals surface area contributed by atoms with E-state index in [0.717, 1.165) is 38.9 Å². The highest BCUT2D eigenvalue weighted by Crippen LogP contribution is 2.32. The summed E-state index contributed by atoms with van der Waals surface area (Å²) in [6.07, 6.45) is 1.21. The zero-order chi connectivity index (χ0) is 18.2. The van der Waals surface area contributed by atoms with Gasteiger partial charge in [-0.2, -0.15) is 5.10 Å². The number of benzene rings is 1. The number of thiocarbonyl (C=S) groups is 1. The van der Waals surface area contributed by atoms with Crippen molar-refractivity contribution in [1.29, 1.82) is 0 Å². The molecule has 0 radical (unpaired) electrons. The summed E-state index contributed by atoms with van der Waals surface area (Å²) in [5.41, 5.74) is 2.21. The van der Waals surface area contributed by atoms with E-state index in [-0.39, 0.29) is 10.6 Å². The van der Waals surface area contributed by atoms with E-state index in [1.807, 2.05) is 0 Å². The van der Waals surface area contributed by atoms with E-state index in [9.17, 15) is 15.2 Å². The molecule has 1 fully saturated rings. The Morgan fingerprint density at radius 3 is 2.92 bits per heavy atom. The number of halogens is 1. The molecule has 1 aliphatic heterocycles. The summed E-state index contributed by atoms with van der Waals surface area (Å²) in [5.74, 6) is -0.508. The van der Waals surface area contributed by atoms with Crippen molar-refractivity contribution in [2.45, 2.75) is 0 Å². The lowest BCUT2D eigenvalue weighted by molar-refractivity contribution is -0.385. The molecule has 0 spiro atoms. The maximum absolute atomic E-state index is 10.8. The molecule has 136 valence electrons. The van der Waals surface area contributed by atoms with Gasteiger partial charge in [-0.3, -0.25) is 20.4 Å². The Bertz CT molecular complexity index is 667. The number of nitrogens with one attached hydrogen (secondary N) is 2. The summed E-state index contributed by atoms with van der Waals surface area (Å²) in [6.45, 7) is 4.75. The Morgan fingerprint density at radius 1 is 1.52 bits per heavy atom. The minimum Gasteiger partial charge on any atom is -0.502 e. The molecule has 1 aliphatic rings. The van der Waals surface area contributed by atoms with Crippen LogP contribution in [0, 0.1) is 10.1 Å². The fourth-order valence-electron chi connectivity index (χ4n) is 2.20. The molecule has 2 rings (SSSR count). The Morgan fingerprint density at radius 2 is 2.24 bits per heavy atom. The first kappa shape index (κ1) is 19.3. The lowest BCUT2D eigenvalue weighted by Crippen LogP contribution is -2.42. The van der Waals surface area contributed by atoms with E-state index in [1.165, 1.54) is 12.3 Å². The number of hydrogen-bond donors (Lipinski definition) is 3. The summed E-state index contributed by atoms with van der Waals surface area (Å²) in [7, 11) is 0. The van der Waals surface area contributed by atoms with Crippen LogP contribution in [0.15, 0.2) is 17.2 Å². The topological polar surface area (TPSA) is 112 Å². The van der Waals surface area contributed by atoms with Gasteiger partial charge in [-0.25, -0.2) is 0 Å². The van der Waals surface area contributed by atoms with Crippen LogP contribution in [0.4, 0.5) is 5.69 Å². The van der Waals surface area contributed by atoms with Gasteiger partial charge < -0.3 is 15.2 Å². The average Bonchev–Trinajstić information content (AvgIpc) is 2.58. The number of phenols is 1. The molecular weight excluding hydrogens is 370 g/mol. The molecule has 0 aliphatic carbocycles. The third-order valence-electron chi connectivity index (χ3n) is 3.47. The van der Waals surface area contributed by atoms with Crippen molar-refractivity contribution in [2.24, 2.45) is 5.10 Å². The third-order valence-corrected chi connectivity index (χ3v) is 3.92. The van der Waals surface area contributed by atoms with E-state index in [4.69, 9.17) is 28.6 Å². The molecule has 1 heterocycles. The van der Waals surface area contributed by atoms with Gasteiger partial charge in [0.05, 0.1) is 24.4 Å². The predicted octanol–water partition coefficient (Wildman–Crippen LogP) is 1.08. The van der Waals surface area contributed by atoms with Gasteiger partial charge in [-0.1, -0.05) is 11.6 Å². The molecule has 1 aromatic rings. The maximum Gasteiger partial charge on any atom is 0.312 e. The molecule has 11 heteroatoms. The summed E-state index contributed by atoms with van der Waals surface area (Å²) < 4.78 is 5.27. The van der Waals surface area contributed by atoms with Crippen LogP contribution in [-0.4, -0.2) is 65.6 Å².